The van der Waals surface area contributed by atoms with Gasteiger partial charge in [-0.05, 0) is 26.0 Å². The Balaban J connectivity index is 1.89. The SMILES string of the molecule is Cc1cc(C)n(-c2nnc3nc4c5ccccc5c(=O)nc4n3[nH]2)n1. The van der Waals surface area contributed by atoms with E-state index in [1.807, 2.05) is 32.0 Å². The van der Waals surface area contributed by atoms with Crippen LogP contribution in [0.4, 0.5) is 0 Å². The summed E-state index contributed by atoms with van der Waals surface area (Å²) in [6.45, 7) is 3.83. The number of hydrogen-bond donors (Lipinski definition) is 1. The number of aromatic amines is 1. The van der Waals surface area contributed by atoms with E-state index in [1.165, 1.54) is 0 Å². The van der Waals surface area contributed by atoms with Crippen LogP contribution in [0.15, 0.2) is 35.1 Å². The standard InChI is InChI=1S/C16H12N8O/c1-8-7-9(2)23(21-8)16-20-19-15-17-12-10-5-3-4-6-11(10)14(25)18-13(12)24(15)22-16/h3-7H,1-2H3,(H,20,22). The first-order valence-corrected chi connectivity index (χ1v) is 7.69. The van der Waals surface area contributed by atoms with Crippen LogP contribution in [0.1, 0.15) is 11.4 Å². The molecule has 0 spiro atoms. The fourth-order valence-electron chi connectivity index (χ4n) is 3.03. The summed E-state index contributed by atoms with van der Waals surface area (Å²) < 4.78 is 3.20. The summed E-state index contributed by atoms with van der Waals surface area (Å²) in [7, 11) is 0. The predicted octanol–water partition coefficient (Wildman–Crippen LogP) is 1.32. The number of pyridine rings is 1. The third kappa shape index (κ3) is 1.89. The van der Waals surface area contributed by atoms with Crippen molar-refractivity contribution < 1.29 is 0 Å². The summed E-state index contributed by atoms with van der Waals surface area (Å²) in [4.78, 5) is 21.0. The highest BCUT2D eigenvalue weighted by Gasteiger charge is 2.15. The predicted molar refractivity (Wildman–Crippen MR) is 90.8 cm³/mol. The van der Waals surface area contributed by atoms with Gasteiger partial charge in [0, 0.05) is 11.1 Å². The van der Waals surface area contributed by atoms with Crippen LogP contribution in [-0.4, -0.2) is 39.6 Å². The fourth-order valence-corrected chi connectivity index (χ4v) is 3.03. The average molecular weight is 332 g/mol. The van der Waals surface area contributed by atoms with Crippen molar-refractivity contribution in [1.29, 1.82) is 0 Å². The zero-order valence-corrected chi connectivity index (χ0v) is 13.4. The molecule has 9 heteroatoms. The van der Waals surface area contributed by atoms with Crippen molar-refractivity contribution in [3.63, 3.8) is 0 Å². The molecule has 122 valence electrons. The van der Waals surface area contributed by atoms with E-state index in [9.17, 15) is 4.79 Å². The highest BCUT2D eigenvalue weighted by molar-refractivity contribution is 6.02. The molecule has 25 heavy (non-hydrogen) atoms. The molecular formula is C16H12N8O. The van der Waals surface area contributed by atoms with Gasteiger partial charge in [0.05, 0.1) is 11.1 Å². The van der Waals surface area contributed by atoms with Gasteiger partial charge in [0.1, 0.15) is 5.52 Å². The lowest BCUT2D eigenvalue weighted by molar-refractivity contribution is 0.703. The van der Waals surface area contributed by atoms with Crippen LogP contribution >= 0.6 is 0 Å². The van der Waals surface area contributed by atoms with E-state index < -0.39 is 0 Å². The Morgan fingerprint density at radius 3 is 2.60 bits per heavy atom. The molecule has 0 saturated carbocycles. The summed E-state index contributed by atoms with van der Waals surface area (Å²) >= 11 is 0. The van der Waals surface area contributed by atoms with Gasteiger partial charge >= 0.3 is 0 Å². The molecule has 0 atom stereocenters. The van der Waals surface area contributed by atoms with Crippen molar-refractivity contribution in [1.82, 2.24) is 39.6 Å². The number of H-pyrrole nitrogens is 1. The van der Waals surface area contributed by atoms with Crippen molar-refractivity contribution in [2.75, 3.05) is 0 Å². The second-order valence-electron chi connectivity index (χ2n) is 5.86. The second-order valence-corrected chi connectivity index (χ2v) is 5.86. The van der Waals surface area contributed by atoms with Crippen molar-refractivity contribution >= 4 is 27.7 Å². The number of aromatic nitrogens is 8. The minimum atomic E-state index is -0.303. The van der Waals surface area contributed by atoms with Crippen LogP contribution < -0.4 is 5.56 Å². The van der Waals surface area contributed by atoms with Gasteiger partial charge in [-0.25, -0.2) is 9.67 Å². The molecule has 0 aliphatic rings. The van der Waals surface area contributed by atoms with Crippen molar-refractivity contribution in [3.05, 3.63) is 52.1 Å². The zero-order chi connectivity index (χ0) is 17.1. The number of nitrogens with zero attached hydrogens (tertiary/aromatic N) is 7. The summed E-state index contributed by atoms with van der Waals surface area (Å²) in [6.07, 6.45) is 0. The van der Waals surface area contributed by atoms with Crippen LogP contribution in [-0.2, 0) is 0 Å². The van der Waals surface area contributed by atoms with Gasteiger partial charge < -0.3 is 0 Å². The molecule has 1 aromatic carbocycles. The van der Waals surface area contributed by atoms with Crippen molar-refractivity contribution in [3.8, 4) is 5.95 Å². The zero-order valence-electron chi connectivity index (χ0n) is 13.4. The van der Waals surface area contributed by atoms with Crippen LogP contribution in [0.5, 0.6) is 0 Å². The Morgan fingerprint density at radius 1 is 1.04 bits per heavy atom. The second kappa shape index (κ2) is 4.69. The molecule has 0 aliphatic carbocycles. The molecule has 0 unspecified atom stereocenters. The van der Waals surface area contributed by atoms with Crippen LogP contribution in [0, 0.1) is 13.8 Å². The molecular weight excluding hydrogens is 320 g/mol. The average Bonchev–Trinajstić information content (AvgIpc) is 3.14. The van der Waals surface area contributed by atoms with E-state index in [0.29, 0.717) is 28.3 Å². The number of aryl methyl sites for hydroxylation is 2. The van der Waals surface area contributed by atoms with E-state index in [2.05, 4.69) is 30.4 Å². The molecule has 0 amide bonds. The van der Waals surface area contributed by atoms with Crippen LogP contribution in [0.2, 0.25) is 0 Å². The molecule has 5 rings (SSSR count). The number of nitrogens with one attached hydrogen (secondary N) is 1. The van der Waals surface area contributed by atoms with Crippen molar-refractivity contribution in [2.24, 2.45) is 0 Å². The van der Waals surface area contributed by atoms with Gasteiger partial charge in [0.25, 0.3) is 17.3 Å². The Hall–Kier alpha value is -3.62. The maximum Gasteiger partial charge on any atom is 0.279 e. The molecule has 5 aromatic rings. The first-order chi connectivity index (χ1) is 12.1. The maximum atomic E-state index is 12.3. The molecule has 0 saturated heterocycles. The number of benzene rings is 1. The summed E-state index contributed by atoms with van der Waals surface area (Å²) in [5.74, 6) is 0.753. The molecule has 0 radical (unpaired) electrons. The van der Waals surface area contributed by atoms with Crippen LogP contribution in [0.3, 0.4) is 0 Å². The topological polar surface area (TPSA) is 107 Å². The van der Waals surface area contributed by atoms with E-state index in [4.69, 9.17) is 0 Å². The number of fused-ring (bicyclic) bond motifs is 5. The third-order valence-electron chi connectivity index (χ3n) is 4.11. The first kappa shape index (κ1) is 13.8. The lowest BCUT2D eigenvalue weighted by Crippen LogP contribution is -2.12. The Bertz CT molecular complexity index is 1340. The number of hydrogen-bond acceptors (Lipinski definition) is 6. The Kier molecular flexibility index (Phi) is 2.59. The summed E-state index contributed by atoms with van der Waals surface area (Å²) in [5, 5.41) is 17.1. The Morgan fingerprint density at radius 2 is 1.84 bits per heavy atom. The summed E-state index contributed by atoms with van der Waals surface area (Å²) in [5.41, 5.74) is 2.49. The lowest BCUT2D eigenvalue weighted by atomic mass is 10.1. The molecule has 0 fully saturated rings. The molecule has 4 aromatic heterocycles. The largest absolute Gasteiger partial charge is 0.279 e. The van der Waals surface area contributed by atoms with E-state index in [0.717, 1.165) is 16.8 Å². The van der Waals surface area contributed by atoms with Gasteiger partial charge in [-0.1, -0.05) is 18.2 Å². The quantitative estimate of drug-likeness (QED) is 0.496. The van der Waals surface area contributed by atoms with E-state index >= 15 is 0 Å². The minimum Gasteiger partial charge on any atom is -0.267 e. The normalized spacial score (nSPS) is 11.8. The van der Waals surface area contributed by atoms with Crippen LogP contribution in [0.25, 0.3) is 33.7 Å². The molecule has 0 bridgehead atoms. The smallest absolute Gasteiger partial charge is 0.267 e. The van der Waals surface area contributed by atoms with Gasteiger partial charge in [-0.2, -0.15) is 14.6 Å². The molecule has 0 aliphatic heterocycles. The molecule has 9 nitrogen and oxygen atoms in total. The first-order valence-electron chi connectivity index (χ1n) is 7.69. The molecule has 4 heterocycles. The maximum absolute atomic E-state index is 12.3. The van der Waals surface area contributed by atoms with Crippen molar-refractivity contribution in [2.45, 2.75) is 13.8 Å². The molecule has 1 N–H and O–H groups in total. The lowest BCUT2D eigenvalue weighted by Gasteiger charge is -2.03. The monoisotopic (exact) mass is 332 g/mol. The fraction of sp³-hybridized carbons (Fsp3) is 0.125. The highest BCUT2D eigenvalue weighted by atomic mass is 16.1. The number of imidazole rings is 1. The highest BCUT2D eigenvalue weighted by Crippen LogP contribution is 2.20. The summed E-state index contributed by atoms with van der Waals surface area (Å²) in [6, 6.07) is 9.20. The van der Waals surface area contributed by atoms with E-state index in [1.54, 1.807) is 21.3 Å². The Labute approximate surface area is 140 Å². The van der Waals surface area contributed by atoms with Gasteiger partial charge in [0.15, 0.2) is 5.65 Å². The number of rotatable bonds is 1. The minimum absolute atomic E-state index is 0.303. The van der Waals surface area contributed by atoms with Gasteiger partial charge in [-0.15, -0.1) is 10.2 Å². The van der Waals surface area contributed by atoms with Gasteiger partial charge in [-0.3, -0.25) is 9.89 Å². The third-order valence-corrected chi connectivity index (χ3v) is 4.11. The van der Waals surface area contributed by atoms with E-state index in [-0.39, 0.29) is 5.56 Å². The van der Waals surface area contributed by atoms with Gasteiger partial charge in [0.2, 0.25) is 0 Å².